The molecule has 0 spiro atoms. The van der Waals surface area contributed by atoms with Crippen molar-refractivity contribution in [2.24, 2.45) is 0 Å². The van der Waals surface area contributed by atoms with E-state index in [4.69, 9.17) is 0 Å². The maximum Gasteiger partial charge on any atom is 0.264 e. The monoisotopic (exact) mass is 420 g/mol. The van der Waals surface area contributed by atoms with Crippen molar-refractivity contribution < 1.29 is 13.2 Å². The van der Waals surface area contributed by atoms with Gasteiger partial charge < -0.3 is 5.32 Å². The van der Waals surface area contributed by atoms with Crippen LogP contribution in [0.15, 0.2) is 59.5 Å². The largest absolute Gasteiger partial charge is 0.354 e. The minimum Gasteiger partial charge on any atom is -0.354 e. The van der Waals surface area contributed by atoms with Crippen LogP contribution in [-0.4, -0.2) is 37.9 Å². The van der Waals surface area contributed by atoms with Gasteiger partial charge in [0.2, 0.25) is 5.91 Å². The molecule has 0 aliphatic carbocycles. The van der Waals surface area contributed by atoms with Gasteiger partial charge in [0.15, 0.2) is 0 Å². The number of nitrogens with zero attached hydrogens (tertiary/aromatic N) is 1. The minimum atomic E-state index is -3.86. The molecule has 0 unspecified atom stereocenters. The second-order valence-corrected chi connectivity index (χ2v) is 11.2. The SMILES string of the molecule is Cc1ccccc1N(CC(=O)NCCSC(C)(C)C)S(=O)(=O)c1ccccc1. The van der Waals surface area contributed by atoms with Gasteiger partial charge in [-0.25, -0.2) is 8.42 Å². The molecule has 2 aromatic carbocycles. The van der Waals surface area contributed by atoms with E-state index < -0.39 is 10.0 Å². The van der Waals surface area contributed by atoms with Gasteiger partial charge in [-0.05, 0) is 30.7 Å². The highest BCUT2D eigenvalue weighted by atomic mass is 32.2. The molecule has 0 aliphatic rings. The van der Waals surface area contributed by atoms with Crippen molar-refractivity contribution in [1.82, 2.24) is 5.32 Å². The quantitative estimate of drug-likeness (QED) is 0.659. The summed E-state index contributed by atoms with van der Waals surface area (Å²) < 4.78 is 27.8. The number of amides is 1. The summed E-state index contributed by atoms with van der Waals surface area (Å²) in [5.74, 6) is 0.447. The number of para-hydroxylation sites is 1. The number of sulfonamides is 1. The Kier molecular flexibility index (Phi) is 7.55. The van der Waals surface area contributed by atoms with Crippen molar-refractivity contribution in [3.63, 3.8) is 0 Å². The zero-order valence-corrected chi connectivity index (χ0v) is 18.4. The second-order valence-electron chi connectivity index (χ2n) is 7.42. The molecule has 0 saturated heterocycles. The van der Waals surface area contributed by atoms with Crippen molar-refractivity contribution in [2.45, 2.75) is 37.3 Å². The first kappa shape index (κ1) is 22.3. The van der Waals surface area contributed by atoms with Crippen molar-refractivity contribution >= 4 is 33.4 Å². The third kappa shape index (κ3) is 6.27. The molecular formula is C21H28N2O3S2. The van der Waals surface area contributed by atoms with Crippen molar-refractivity contribution in [2.75, 3.05) is 23.1 Å². The number of aryl methyl sites for hydroxylation is 1. The lowest BCUT2D eigenvalue weighted by Crippen LogP contribution is -2.41. The Labute approximate surface area is 172 Å². The van der Waals surface area contributed by atoms with Gasteiger partial charge in [0.1, 0.15) is 6.54 Å². The predicted octanol–water partition coefficient (Wildman–Crippen LogP) is 3.84. The van der Waals surface area contributed by atoms with E-state index in [9.17, 15) is 13.2 Å². The van der Waals surface area contributed by atoms with Crippen LogP contribution in [-0.2, 0) is 14.8 Å². The number of nitrogens with one attached hydrogen (secondary N) is 1. The number of carbonyl (C=O) groups is 1. The molecule has 1 amide bonds. The van der Waals surface area contributed by atoms with Crippen molar-refractivity contribution in [3.8, 4) is 0 Å². The summed E-state index contributed by atoms with van der Waals surface area (Å²) in [5, 5.41) is 2.83. The molecule has 0 aliphatic heterocycles. The highest BCUT2D eigenvalue weighted by Gasteiger charge is 2.27. The fraction of sp³-hybridized carbons (Fsp3) is 0.381. The molecule has 0 aromatic heterocycles. The fourth-order valence-corrected chi connectivity index (χ4v) is 4.92. The van der Waals surface area contributed by atoms with E-state index >= 15 is 0 Å². The van der Waals surface area contributed by atoms with Crippen LogP contribution >= 0.6 is 11.8 Å². The number of thioether (sulfide) groups is 1. The molecule has 0 saturated carbocycles. The number of anilines is 1. The summed E-state index contributed by atoms with van der Waals surface area (Å²) in [5.41, 5.74) is 1.30. The molecule has 1 N–H and O–H groups in total. The predicted molar refractivity (Wildman–Crippen MR) is 117 cm³/mol. The number of rotatable bonds is 8. The van der Waals surface area contributed by atoms with E-state index in [1.165, 1.54) is 4.31 Å². The molecule has 0 radical (unpaired) electrons. The molecule has 5 nitrogen and oxygen atoms in total. The van der Waals surface area contributed by atoms with Crippen LogP contribution in [0.4, 0.5) is 5.69 Å². The van der Waals surface area contributed by atoms with Gasteiger partial charge in [-0.1, -0.05) is 57.2 Å². The zero-order valence-electron chi connectivity index (χ0n) is 16.8. The molecule has 0 atom stereocenters. The van der Waals surface area contributed by atoms with Gasteiger partial charge in [-0.3, -0.25) is 9.10 Å². The average molecular weight is 421 g/mol. The summed E-state index contributed by atoms with van der Waals surface area (Å²) >= 11 is 1.75. The Morgan fingerprint density at radius 1 is 1.04 bits per heavy atom. The standard InChI is InChI=1S/C21H28N2O3S2/c1-17-10-8-9-13-19(17)23(28(25,26)18-11-6-5-7-12-18)16-20(24)22-14-15-27-21(2,3)4/h5-13H,14-16H2,1-4H3,(H,22,24). The number of carbonyl (C=O) groups excluding carboxylic acids is 1. The van der Waals surface area contributed by atoms with E-state index in [2.05, 4.69) is 26.1 Å². The van der Waals surface area contributed by atoms with Gasteiger partial charge in [0, 0.05) is 17.0 Å². The zero-order chi connectivity index (χ0) is 20.8. The highest BCUT2D eigenvalue weighted by Crippen LogP contribution is 2.26. The third-order valence-electron chi connectivity index (χ3n) is 3.96. The average Bonchev–Trinajstić information content (AvgIpc) is 2.64. The van der Waals surface area contributed by atoms with Crippen LogP contribution in [0.5, 0.6) is 0 Å². The summed E-state index contributed by atoms with van der Waals surface area (Å²) in [6.45, 7) is 8.42. The lowest BCUT2D eigenvalue weighted by molar-refractivity contribution is -0.119. The van der Waals surface area contributed by atoms with Crippen molar-refractivity contribution in [1.29, 1.82) is 0 Å². The minimum absolute atomic E-state index is 0.120. The molecule has 0 fully saturated rings. The summed E-state index contributed by atoms with van der Waals surface area (Å²) in [7, 11) is -3.86. The van der Waals surface area contributed by atoms with Crippen LogP contribution < -0.4 is 9.62 Å². The van der Waals surface area contributed by atoms with Gasteiger partial charge in [0.05, 0.1) is 10.6 Å². The van der Waals surface area contributed by atoms with Gasteiger partial charge >= 0.3 is 0 Å². The van der Waals surface area contributed by atoms with E-state index in [-0.39, 0.29) is 22.1 Å². The normalized spacial score (nSPS) is 11.9. The first-order valence-electron chi connectivity index (χ1n) is 9.15. The van der Waals surface area contributed by atoms with Crippen LogP contribution in [0.3, 0.4) is 0 Å². The smallest absolute Gasteiger partial charge is 0.264 e. The Hall–Kier alpha value is -1.99. The Morgan fingerprint density at radius 3 is 2.25 bits per heavy atom. The van der Waals surface area contributed by atoms with Crippen molar-refractivity contribution in [3.05, 3.63) is 60.2 Å². The van der Waals surface area contributed by atoms with E-state index in [1.54, 1.807) is 54.2 Å². The number of hydrogen-bond acceptors (Lipinski definition) is 4. The molecule has 0 bridgehead atoms. The molecule has 2 rings (SSSR count). The molecule has 0 heterocycles. The number of benzene rings is 2. The first-order valence-corrected chi connectivity index (χ1v) is 11.6. The van der Waals surface area contributed by atoms with E-state index in [0.29, 0.717) is 12.2 Å². The fourth-order valence-electron chi connectivity index (χ4n) is 2.60. The van der Waals surface area contributed by atoms with Crippen LogP contribution in [0, 0.1) is 6.92 Å². The maximum absolute atomic E-state index is 13.2. The molecule has 7 heteroatoms. The Morgan fingerprint density at radius 2 is 1.64 bits per heavy atom. The first-order chi connectivity index (χ1) is 13.1. The Bertz CT molecular complexity index is 891. The lowest BCUT2D eigenvalue weighted by Gasteiger charge is -2.25. The third-order valence-corrected chi connectivity index (χ3v) is 7.01. The van der Waals surface area contributed by atoms with Crippen LogP contribution in [0.1, 0.15) is 26.3 Å². The molecular weight excluding hydrogens is 392 g/mol. The van der Waals surface area contributed by atoms with Gasteiger partial charge in [0.25, 0.3) is 10.0 Å². The van der Waals surface area contributed by atoms with Gasteiger partial charge in [-0.15, -0.1) is 0 Å². The van der Waals surface area contributed by atoms with Gasteiger partial charge in [-0.2, -0.15) is 11.8 Å². The molecule has 2 aromatic rings. The summed E-state index contributed by atoms with van der Waals surface area (Å²) in [6, 6.07) is 15.4. The van der Waals surface area contributed by atoms with E-state index in [0.717, 1.165) is 11.3 Å². The summed E-state index contributed by atoms with van der Waals surface area (Å²) in [4.78, 5) is 12.7. The molecule has 28 heavy (non-hydrogen) atoms. The molecule has 152 valence electrons. The maximum atomic E-state index is 13.2. The summed E-state index contributed by atoms with van der Waals surface area (Å²) in [6.07, 6.45) is 0. The second kappa shape index (κ2) is 9.47. The highest BCUT2D eigenvalue weighted by molar-refractivity contribution is 8.00. The van der Waals surface area contributed by atoms with Crippen LogP contribution in [0.2, 0.25) is 0 Å². The number of hydrogen-bond donors (Lipinski definition) is 1. The van der Waals surface area contributed by atoms with E-state index in [1.807, 2.05) is 19.1 Å². The van der Waals surface area contributed by atoms with Crippen LogP contribution in [0.25, 0.3) is 0 Å². The lowest BCUT2D eigenvalue weighted by atomic mass is 10.2. The Balaban J connectivity index is 2.21. The topological polar surface area (TPSA) is 66.5 Å².